The van der Waals surface area contributed by atoms with Crippen molar-refractivity contribution in [2.75, 3.05) is 0 Å². The van der Waals surface area contributed by atoms with E-state index in [-0.39, 0.29) is 5.28 Å². The third kappa shape index (κ3) is 2.95. The van der Waals surface area contributed by atoms with E-state index < -0.39 is 0 Å². The van der Waals surface area contributed by atoms with Gasteiger partial charge in [-0.15, -0.1) is 11.3 Å². The summed E-state index contributed by atoms with van der Waals surface area (Å²) in [5.41, 5.74) is 3.72. The molecule has 0 saturated carbocycles. The van der Waals surface area contributed by atoms with Gasteiger partial charge in [0.2, 0.25) is 5.28 Å². The molecule has 0 radical (unpaired) electrons. The van der Waals surface area contributed by atoms with Crippen LogP contribution in [0.5, 0.6) is 0 Å². The van der Waals surface area contributed by atoms with Gasteiger partial charge in [0, 0.05) is 31.3 Å². The van der Waals surface area contributed by atoms with Crippen molar-refractivity contribution in [2.24, 2.45) is 0 Å². The lowest BCUT2D eigenvalue weighted by atomic mass is 10.0. The predicted octanol–water partition coefficient (Wildman–Crippen LogP) is 7.99. The van der Waals surface area contributed by atoms with E-state index in [0.717, 1.165) is 22.5 Å². The van der Waals surface area contributed by atoms with Crippen LogP contribution in [0.1, 0.15) is 0 Å². The summed E-state index contributed by atoms with van der Waals surface area (Å²) in [6, 6.07) is 31.6. The predicted molar refractivity (Wildman–Crippen MR) is 128 cm³/mol. The fourth-order valence-electron chi connectivity index (χ4n) is 3.94. The lowest BCUT2D eigenvalue weighted by Gasteiger charge is -2.06. The van der Waals surface area contributed by atoms with Crippen molar-refractivity contribution in [1.82, 2.24) is 9.97 Å². The molecule has 0 atom stereocenters. The van der Waals surface area contributed by atoms with Gasteiger partial charge in [0.05, 0.1) is 11.4 Å². The lowest BCUT2D eigenvalue weighted by Crippen LogP contribution is -1.91. The highest BCUT2D eigenvalue weighted by Crippen LogP contribution is 2.38. The highest BCUT2D eigenvalue weighted by atomic mass is 35.5. The average Bonchev–Trinajstić information content (AvgIpc) is 3.14. The first-order valence-electron chi connectivity index (χ1n) is 9.70. The molecule has 0 aliphatic rings. The Kier molecular flexibility index (Phi) is 4.05. The summed E-state index contributed by atoms with van der Waals surface area (Å²) >= 11 is 8.11. The van der Waals surface area contributed by atoms with E-state index in [9.17, 15) is 0 Å². The van der Waals surface area contributed by atoms with Gasteiger partial charge in [-0.25, -0.2) is 9.97 Å². The molecular formula is C26H15ClN2S. The molecule has 0 unspecified atom stereocenters. The number of halogens is 1. The van der Waals surface area contributed by atoms with Gasteiger partial charge in [0.25, 0.3) is 0 Å². The van der Waals surface area contributed by atoms with E-state index >= 15 is 0 Å². The summed E-state index contributed by atoms with van der Waals surface area (Å²) < 4.78 is 2.57. The van der Waals surface area contributed by atoms with E-state index in [2.05, 4.69) is 64.6 Å². The number of hydrogen-bond acceptors (Lipinski definition) is 3. The van der Waals surface area contributed by atoms with Gasteiger partial charge in [0.15, 0.2) is 0 Å². The summed E-state index contributed by atoms with van der Waals surface area (Å²) in [5, 5.41) is 5.30. The number of benzene rings is 4. The molecule has 0 aliphatic carbocycles. The smallest absolute Gasteiger partial charge is 0.218 e. The zero-order valence-corrected chi connectivity index (χ0v) is 17.4. The SMILES string of the molecule is Clc1nc(-c2ccccc2)cc(-c2ccc3sc4cc5ccccc5cc4c3c2)n1. The number of nitrogens with zero attached hydrogens (tertiary/aromatic N) is 2. The summed E-state index contributed by atoms with van der Waals surface area (Å²) in [6.45, 7) is 0. The van der Waals surface area contributed by atoms with Crippen molar-refractivity contribution >= 4 is 53.9 Å². The topological polar surface area (TPSA) is 25.8 Å². The Labute approximate surface area is 182 Å². The second kappa shape index (κ2) is 6.91. The van der Waals surface area contributed by atoms with Crippen LogP contribution < -0.4 is 0 Å². The summed E-state index contributed by atoms with van der Waals surface area (Å²) in [4.78, 5) is 8.93. The van der Waals surface area contributed by atoms with Crippen molar-refractivity contribution < 1.29 is 0 Å². The quantitative estimate of drug-likeness (QED) is 0.264. The van der Waals surface area contributed by atoms with Gasteiger partial charge < -0.3 is 0 Å². The molecule has 30 heavy (non-hydrogen) atoms. The van der Waals surface area contributed by atoms with Crippen LogP contribution in [0.15, 0.2) is 91.0 Å². The maximum absolute atomic E-state index is 6.29. The van der Waals surface area contributed by atoms with Crippen LogP contribution >= 0.6 is 22.9 Å². The van der Waals surface area contributed by atoms with E-state index in [4.69, 9.17) is 11.6 Å². The molecule has 6 aromatic rings. The van der Waals surface area contributed by atoms with Crippen molar-refractivity contribution in [3.63, 3.8) is 0 Å². The Morgan fingerprint density at radius 3 is 2.03 bits per heavy atom. The molecule has 2 nitrogen and oxygen atoms in total. The normalized spacial score (nSPS) is 11.5. The number of rotatable bonds is 2. The molecule has 0 fully saturated rings. The molecular weight excluding hydrogens is 408 g/mol. The molecule has 2 aromatic heterocycles. The van der Waals surface area contributed by atoms with Crippen LogP contribution in [0.4, 0.5) is 0 Å². The minimum Gasteiger partial charge on any atom is -0.218 e. The molecule has 0 aliphatic heterocycles. The number of fused-ring (bicyclic) bond motifs is 4. The Morgan fingerprint density at radius 1 is 0.567 bits per heavy atom. The minimum atomic E-state index is 0.257. The van der Waals surface area contributed by atoms with Crippen LogP contribution in [-0.2, 0) is 0 Å². The maximum atomic E-state index is 6.29. The standard InChI is InChI=1S/C26H15ClN2S/c27-26-28-22(16-6-2-1-3-7-16)15-23(29-26)19-10-11-24-20(13-19)21-12-17-8-4-5-9-18(17)14-25(21)30-24/h1-15H. The first-order valence-corrected chi connectivity index (χ1v) is 10.9. The second-order valence-electron chi connectivity index (χ2n) is 7.28. The fraction of sp³-hybridized carbons (Fsp3) is 0. The van der Waals surface area contributed by atoms with Gasteiger partial charge >= 0.3 is 0 Å². The molecule has 2 heterocycles. The van der Waals surface area contributed by atoms with Gasteiger partial charge in [0.1, 0.15) is 0 Å². The molecule has 0 N–H and O–H groups in total. The molecule has 6 rings (SSSR count). The third-order valence-electron chi connectivity index (χ3n) is 5.40. The van der Waals surface area contributed by atoms with Crippen molar-refractivity contribution in [3.05, 3.63) is 96.3 Å². The van der Waals surface area contributed by atoms with Crippen LogP contribution in [0.25, 0.3) is 53.5 Å². The third-order valence-corrected chi connectivity index (χ3v) is 6.70. The Morgan fingerprint density at radius 2 is 1.23 bits per heavy atom. The fourth-order valence-corrected chi connectivity index (χ4v) is 5.24. The van der Waals surface area contributed by atoms with Gasteiger partial charge in [-0.1, -0.05) is 60.7 Å². The Balaban J connectivity index is 1.55. The molecule has 4 heteroatoms. The van der Waals surface area contributed by atoms with Crippen LogP contribution in [0.2, 0.25) is 5.28 Å². The molecule has 0 bridgehead atoms. The van der Waals surface area contributed by atoms with Crippen LogP contribution in [0, 0.1) is 0 Å². The minimum absolute atomic E-state index is 0.257. The number of aromatic nitrogens is 2. The molecule has 142 valence electrons. The molecule has 0 amide bonds. The highest BCUT2D eigenvalue weighted by Gasteiger charge is 2.11. The molecule has 4 aromatic carbocycles. The van der Waals surface area contributed by atoms with Crippen LogP contribution in [-0.4, -0.2) is 9.97 Å². The summed E-state index contributed by atoms with van der Waals surface area (Å²) in [6.07, 6.45) is 0. The monoisotopic (exact) mass is 422 g/mol. The first-order chi connectivity index (χ1) is 14.7. The number of thiophene rings is 1. The van der Waals surface area contributed by atoms with Gasteiger partial charge in [-0.05, 0) is 52.7 Å². The average molecular weight is 423 g/mol. The van der Waals surface area contributed by atoms with Crippen molar-refractivity contribution in [1.29, 1.82) is 0 Å². The molecule has 0 saturated heterocycles. The van der Waals surface area contributed by atoms with E-state index in [1.54, 1.807) is 0 Å². The van der Waals surface area contributed by atoms with E-state index in [0.29, 0.717) is 0 Å². The van der Waals surface area contributed by atoms with E-state index in [1.807, 2.05) is 47.7 Å². The van der Waals surface area contributed by atoms with E-state index in [1.165, 1.54) is 30.9 Å². The zero-order chi connectivity index (χ0) is 20.1. The lowest BCUT2D eigenvalue weighted by molar-refractivity contribution is 1.18. The largest absolute Gasteiger partial charge is 0.223 e. The van der Waals surface area contributed by atoms with Crippen molar-refractivity contribution in [3.8, 4) is 22.5 Å². The van der Waals surface area contributed by atoms with Crippen LogP contribution in [0.3, 0.4) is 0 Å². The Hall–Kier alpha value is -3.27. The maximum Gasteiger partial charge on any atom is 0.223 e. The zero-order valence-electron chi connectivity index (χ0n) is 15.8. The van der Waals surface area contributed by atoms with Gasteiger partial charge in [-0.3, -0.25) is 0 Å². The summed E-state index contributed by atoms with van der Waals surface area (Å²) in [7, 11) is 0. The number of hydrogen-bond donors (Lipinski definition) is 0. The van der Waals surface area contributed by atoms with Gasteiger partial charge in [-0.2, -0.15) is 0 Å². The highest BCUT2D eigenvalue weighted by molar-refractivity contribution is 7.25. The van der Waals surface area contributed by atoms with Crippen molar-refractivity contribution in [2.45, 2.75) is 0 Å². The first kappa shape index (κ1) is 17.6. The second-order valence-corrected chi connectivity index (χ2v) is 8.70. The summed E-state index contributed by atoms with van der Waals surface area (Å²) in [5.74, 6) is 0. The molecule has 0 spiro atoms. The Bertz CT molecular complexity index is 1550.